The van der Waals surface area contributed by atoms with E-state index in [9.17, 15) is 14.0 Å². The molecule has 0 unspecified atom stereocenters. The SMILES string of the molecule is COC(=O)Nc1ccc2ccn3c(NC(C)=O)c(-c4ccc(F)cc4)nc3c2c1. The lowest BCUT2D eigenvalue weighted by atomic mass is 10.1. The number of imidazole rings is 1. The molecule has 0 aliphatic heterocycles. The summed E-state index contributed by atoms with van der Waals surface area (Å²) in [6.07, 6.45) is 1.22. The van der Waals surface area contributed by atoms with Crippen molar-refractivity contribution >= 4 is 39.9 Å². The zero-order valence-corrected chi connectivity index (χ0v) is 15.7. The normalized spacial score (nSPS) is 10.9. The number of benzene rings is 2. The highest BCUT2D eigenvalue weighted by molar-refractivity contribution is 6.01. The molecule has 4 rings (SSSR count). The van der Waals surface area contributed by atoms with Gasteiger partial charge in [0.25, 0.3) is 0 Å². The van der Waals surface area contributed by atoms with Crippen molar-refractivity contribution in [2.75, 3.05) is 17.7 Å². The van der Waals surface area contributed by atoms with Crippen molar-refractivity contribution < 1.29 is 18.7 Å². The van der Waals surface area contributed by atoms with Crippen LogP contribution in [-0.2, 0) is 9.53 Å². The molecule has 4 aromatic rings. The van der Waals surface area contributed by atoms with E-state index in [2.05, 4.69) is 15.4 Å². The first-order chi connectivity index (χ1) is 14.0. The topological polar surface area (TPSA) is 84.7 Å². The summed E-state index contributed by atoms with van der Waals surface area (Å²) >= 11 is 0. The van der Waals surface area contributed by atoms with Crippen LogP contribution in [0.1, 0.15) is 6.92 Å². The van der Waals surface area contributed by atoms with Crippen molar-refractivity contribution in [3.8, 4) is 11.3 Å². The fourth-order valence-corrected chi connectivity index (χ4v) is 3.16. The van der Waals surface area contributed by atoms with Gasteiger partial charge in [0.15, 0.2) is 0 Å². The number of carbonyl (C=O) groups excluding carboxylic acids is 2. The van der Waals surface area contributed by atoms with Crippen molar-refractivity contribution in [3.63, 3.8) is 0 Å². The third-order valence-electron chi connectivity index (χ3n) is 4.45. The first kappa shape index (κ1) is 18.4. The zero-order chi connectivity index (χ0) is 20.5. The highest BCUT2D eigenvalue weighted by Gasteiger charge is 2.17. The molecule has 2 N–H and O–H groups in total. The molecule has 0 bridgehead atoms. The smallest absolute Gasteiger partial charge is 0.411 e. The maximum absolute atomic E-state index is 13.4. The second-order valence-electron chi connectivity index (χ2n) is 6.43. The Bertz CT molecular complexity index is 1250. The van der Waals surface area contributed by atoms with Crippen molar-refractivity contribution in [3.05, 3.63) is 60.5 Å². The number of hydrogen-bond acceptors (Lipinski definition) is 4. The van der Waals surface area contributed by atoms with Gasteiger partial charge in [0.05, 0.1) is 7.11 Å². The number of fused-ring (bicyclic) bond motifs is 3. The number of anilines is 2. The highest BCUT2D eigenvalue weighted by Crippen LogP contribution is 2.33. The van der Waals surface area contributed by atoms with Crippen LogP contribution < -0.4 is 10.6 Å². The van der Waals surface area contributed by atoms with E-state index in [1.54, 1.807) is 34.9 Å². The number of hydrogen-bond donors (Lipinski definition) is 2. The van der Waals surface area contributed by atoms with Gasteiger partial charge in [0.2, 0.25) is 5.91 Å². The highest BCUT2D eigenvalue weighted by atomic mass is 19.1. The van der Waals surface area contributed by atoms with Crippen molar-refractivity contribution in [2.24, 2.45) is 0 Å². The van der Waals surface area contributed by atoms with E-state index in [1.807, 2.05) is 12.1 Å². The van der Waals surface area contributed by atoms with Crippen molar-refractivity contribution in [1.29, 1.82) is 0 Å². The molecule has 2 aromatic carbocycles. The molecule has 0 aliphatic carbocycles. The Labute approximate surface area is 165 Å². The van der Waals surface area contributed by atoms with Crippen LogP contribution in [0.4, 0.5) is 20.7 Å². The summed E-state index contributed by atoms with van der Waals surface area (Å²) in [6, 6.07) is 13.2. The maximum atomic E-state index is 13.4. The largest absolute Gasteiger partial charge is 0.453 e. The Hall–Kier alpha value is -3.94. The molecule has 0 fully saturated rings. The van der Waals surface area contributed by atoms with Gasteiger partial charge in [-0.1, -0.05) is 6.07 Å². The average molecular weight is 392 g/mol. The molecule has 0 atom stereocenters. The average Bonchev–Trinajstić information content (AvgIpc) is 3.06. The van der Waals surface area contributed by atoms with Crippen LogP contribution in [0, 0.1) is 5.82 Å². The fraction of sp³-hybridized carbons (Fsp3) is 0.0952. The van der Waals surface area contributed by atoms with Gasteiger partial charge in [-0.15, -0.1) is 0 Å². The minimum atomic E-state index is -0.578. The standard InChI is InChI=1S/C21H17FN4O3/c1-12(27)23-20-18(14-3-6-15(22)7-4-14)25-19-17-11-16(24-21(28)29-2)8-5-13(17)9-10-26(19)20/h3-11H,1-2H3,(H,23,27)(H,24,28). The predicted octanol–water partition coefficient (Wildman–Crippen LogP) is 4.43. The molecule has 0 radical (unpaired) electrons. The van der Waals surface area contributed by atoms with E-state index in [0.717, 1.165) is 10.8 Å². The molecule has 8 heteroatoms. The number of amides is 2. The van der Waals surface area contributed by atoms with Crippen LogP contribution in [0.5, 0.6) is 0 Å². The Balaban J connectivity index is 1.96. The fourth-order valence-electron chi connectivity index (χ4n) is 3.16. The number of halogens is 1. The van der Waals surface area contributed by atoms with Gasteiger partial charge in [0.1, 0.15) is 23.0 Å². The molecular weight excluding hydrogens is 375 g/mol. The molecule has 7 nitrogen and oxygen atoms in total. The van der Waals surface area contributed by atoms with Gasteiger partial charge in [-0.25, -0.2) is 14.2 Å². The molecule has 0 spiro atoms. The molecule has 29 heavy (non-hydrogen) atoms. The summed E-state index contributed by atoms with van der Waals surface area (Å²) < 4.78 is 19.8. The number of rotatable bonds is 3. The second kappa shape index (κ2) is 7.23. The first-order valence-electron chi connectivity index (χ1n) is 8.79. The third kappa shape index (κ3) is 3.47. The summed E-state index contributed by atoms with van der Waals surface area (Å²) in [5, 5.41) is 7.10. The van der Waals surface area contributed by atoms with E-state index in [1.165, 1.54) is 26.2 Å². The molecular formula is C21H17FN4O3. The summed E-state index contributed by atoms with van der Waals surface area (Å²) in [6.45, 7) is 1.41. The summed E-state index contributed by atoms with van der Waals surface area (Å²) in [4.78, 5) is 28.0. The number of ether oxygens (including phenoxy) is 1. The number of pyridine rings is 1. The number of nitrogens with zero attached hydrogens (tertiary/aromatic N) is 2. The molecule has 2 heterocycles. The van der Waals surface area contributed by atoms with Crippen LogP contribution >= 0.6 is 0 Å². The lowest BCUT2D eigenvalue weighted by molar-refractivity contribution is -0.114. The lowest BCUT2D eigenvalue weighted by Crippen LogP contribution is -2.10. The number of carbonyl (C=O) groups is 2. The van der Waals surface area contributed by atoms with Crippen LogP contribution in [0.2, 0.25) is 0 Å². The number of aromatic nitrogens is 2. The van der Waals surface area contributed by atoms with Gasteiger partial charge in [0, 0.05) is 29.8 Å². The molecule has 0 saturated carbocycles. The van der Waals surface area contributed by atoms with Gasteiger partial charge in [-0.3, -0.25) is 14.5 Å². The maximum Gasteiger partial charge on any atom is 0.411 e. The molecule has 2 amide bonds. The minimum Gasteiger partial charge on any atom is -0.453 e. The van der Waals surface area contributed by atoms with Crippen LogP contribution in [-0.4, -0.2) is 28.5 Å². The Morgan fingerprint density at radius 1 is 1.07 bits per heavy atom. The first-order valence-corrected chi connectivity index (χ1v) is 8.79. The quantitative estimate of drug-likeness (QED) is 0.540. The van der Waals surface area contributed by atoms with Crippen molar-refractivity contribution in [1.82, 2.24) is 9.38 Å². The van der Waals surface area contributed by atoms with Crippen LogP contribution in [0.3, 0.4) is 0 Å². The minimum absolute atomic E-state index is 0.253. The number of methoxy groups -OCH3 is 1. The van der Waals surface area contributed by atoms with E-state index in [4.69, 9.17) is 4.98 Å². The molecule has 0 aliphatic rings. The van der Waals surface area contributed by atoms with E-state index >= 15 is 0 Å². The Morgan fingerprint density at radius 2 is 1.83 bits per heavy atom. The Kier molecular flexibility index (Phi) is 4.59. The van der Waals surface area contributed by atoms with Crippen molar-refractivity contribution in [2.45, 2.75) is 6.92 Å². The van der Waals surface area contributed by atoms with E-state index in [-0.39, 0.29) is 11.7 Å². The van der Waals surface area contributed by atoms with E-state index < -0.39 is 6.09 Å². The third-order valence-corrected chi connectivity index (χ3v) is 4.45. The van der Waals surface area contributed by atoms with Gasteiger partial charge in [-0.2, -0.15) is 0 Å². The van der Waals surface area contributed by atoms with Crippen LogP contribution in [0.15, 0.2) is 54.7 Å². The molecule has 0 saturated heterocycles. The zero-order valence-electron chi connectivity index (χ0n) is 15.7. The van der Waals surface area contributed by atoms with Gasteiger partial charge >= 0.3 is 6.09 Å². The predicted molar refractivity (Wildman–Crippen MR) is 108 cm³/mol. The monoisotopic (exact) mass is 392 g/mol. The van der Waals surface area contributed by atoms with Gasteiger partial charge in [-0.05, 0) is 47.9 Å². The Morgan fingerprint density at radius 3 is 2.52 bits per heavy atom. The van der Waals surface area contributed by atoms with E-state index in [0.29, 0.717) is 28.4 Å². The summed E-state index contributed by atoms with van der Waals surface area (Å²) in [7, 11) is 1.29. The second-order valence-corrected chi connectivity index (χ2v) is 6.43. The molecule has 146 valence electrons. The summed E-state index contributed by atoms with van der Waals surface area (Å²) in [5.41, 5.74) is 2.30. The molecule has 2 aromatic heterocycles. The summed E-state index contributed by atoms with van der Waals surface area (Å²) in [5.74, 6) is -0.133. The van der Waals surface area contributed by atoms with Gasteiger partial charge < -0.3 is 10.1 Å². The number of nitrogens with one attached hydrogen (secondary N) is 2. The van der Waals surface area contributed by atoms with Crippen LogP contribution in [0.25, 0.3) is 27.7 Å². The lowest BCUT2D eigenvalue weighted by Gasteiger charge is -2.08.